The summed E-state index contributed by atoms with van der Waals surface area (Å²) in [6, 6.07) is 7.51. The summed E-state index contributed by atoms with van der Waals surface area (Å²) in [6.45, 7) is 7.51. The molecule has 5 heteroatoms. The molecule has 1 unspecified atom stereocenters. The van der Waals surface area contributed by atoms with Crippen LogP contribution in [-0.2, 0) is 9.59 Å². The van der Waals surface area contributed by atoms with Crippen LogP contribution in [0.25, 0.3) is 0 Å². The van der Waals surface area contributed by atoms with E-state index in [4.69, 9.17) is 0 Å². The van der Waals surface area contributed by atoms with Crippen molar-refractivity contribution in [1.82, 2.24) is 10.2 Å². The quantitative estimate of drug-likeness (QED) is 0.626. The van der Waals surface area contributed by atoms with E-state index in [-0.39, 0.29) is 35.0 Å². The number of nitrogens with one attached hydrogen (secondary N) is 1. The number of likely N-dealkylation sites (tertiary alicyclic amines) is 1. The number of carbonyl (C=O) groups excluding carboxylic acids is 3. The summed E-state index contributed by atoms with van der Waals surface area (Å²) >= 11 is 0. The van der Waals surface area contributed by atoms with Crippen LogP contribution in [0.1, 0.15) is 100 Å². The van der Waals surface area contributed by atoms with Gasteiger partial charge in [-0.25, -0.2) is 0 Å². The number of rotatable bonds is 7. The fraction of sp³-hybridized carbons (Fsp3) is 0.679. The number of nitrogens with zero attached hydrogens (tertiary/aromatic N) is 1. The van der Waals surface area contributed by atoms with E-state index in [2.05, 4.69) is 18.3 Å². The van der Waals surface area contributed by atoms with Crippen molar-refractivity contribution in [3.05, 3.63) is 35.4 Å². The number of hydrogen-bond acceptors (Lipinski definition) is 3. The van der Waals surface area contributed by atoms with E-state index in [1.165, 1.54) is 6.42 Å². The fourth-order valence-electron chi connectivity index (χ4n) is 5.61. The standard InChI is InChI=1S/C28H40N2O3/c1-19(2)25(31)24(21-8-5-4-6-9-21)29-26(32)23-11-7-10-22(18-23)20-12-16-30(17-13-20)27(33)28(3)14-15-28/h7,10-11,18-21,24H,4-6,8-9,12-17H2,1-3H3,(H,29,32). The molecule has 2 saturated carbocycles. The van der Waals surface area contributed by atoms with Crippen LogP contribution in [0.5, 0.6) is 0 Å². The van der Waals surface area contributed by atoms with Crippen LogP contribution in [0.4, 0.5) is 0 Å². The second kappa shape index (κ2) is 9.99. The zero-order valence-electron chi connectivity index (χ0n) is 20.6. The van der Waals surface area contributed by atoms with Gasteiger partial charge in [-0.2, -0.15) is 0 Å². The largest absolute Gasteiger partial charge is 0.342 e. The third-order valence-electron chi connectivity index (χ3n) is 8.20. The molecule has 4 rings (SSSR count). The Morgan fingerprint density at radius 2 is 1.67 bits per heavy atom. The van der Waals surface area contributed by atoms with Gasteiger partial charge in [0.15, 0.2) is 5.78 Å². The second-order valence-corrected chi connectivity index (χ2v) is 11.2. The van der Waals surface area contributed by atoms with Gasteiger partial charge in [-0.05, 0) is 68.1 Å². The molecule has 1 saturated heterocycles. The zero-order chi connectivity index (χ0) is 23.6. The van der Waals surface area contributed by atoms with Gasteiger partial charge in [-0.15, -0.1) is 0 Å². The first-order valence-electron chi connectivity index (χ1n) is 13.0. The van der Waals surface area contributed by atoms with Crippen LogP contribution in [0, 0.1) is 17.3 Å². The Morgan fingerprint density at radius 1 is 1.00 bits per heavy atom. The van der Waals surface area contributed by atoms with Crippen molar-refractivity contribution in [3.63, 3.8) is 0 Å². The first-order valence-corrected chi connectivity index (χ1v) is 13.0. The molecule has 3 fully saturated rings. The summed E-state index contributed by atoms with van der Waals surface area (Å²) in [7, 11) is 0. The Kier molecular flexibility index (Phi) is 7.25. The summed E-state index contributed by atoms with van der Waals surface area (Å²) in [5.41, 5.74) is 1.69. The number of carbonyl (C=O) groups is 3. The number of ketones is 1. The van der Waals surface area contributed by atoms with E-state index in [9.17, 15) is 14.4 Å². The predicted molar refractivity (Wildman–Crippen MR) is 130 cm³/mol. The van der Waals surface area contributed by atoms with Crippen LogP contribution in [0.15, 0.2) is 24.3 Å². The van der Waals surface area contributed by atoms with Gasteiger partial charge >= 0.3 is 0 Å². The van der Waals surface area contributed by atoms with Gasteiger partial charge < -0.3 is 10.2 Å². The molecule has 3 aliphatic rings. The van der Waals surface area contributed by atoms with Crippen LogP contribution in [0.3, 0.4) is 0 Å². The maximum atomic E-state index is 13.2. The minimum absolute atomic E-state index is 0.0886. The van der Waals surface area contributed by atoms with E-state index in [1.54, 1.807) is 0 Å². The van der Waals surface area contributed by atoms with Crippen molar-refractivity contribution >= 4 is 17.6 Å². The molecule has 1 aliphatic heterocycles. The highest BCUT2D eigenvalue weighted by Gasteiger charge is 2.47. The van der Waals surface area contributed by atoms with Crippen molar-refractivity contribution in [2.75, 3.05) is 13.1 Å². The van der Waals surface area contributed by atoms with E-state index < -0.39 is 0 Å². The smallest absolute Gasteiger partial charge is 0.251 e. The zero-order valence-corrected chi connectivity index (χ0v) is 20.6. The topological polar surface area (TPSA) is 66.5 Å². The number of benzene rings is 1. The Labute approximate surface area is 198 Å². The number of Topliss-reactive ketones (excluding diaryl/α,β-unsaturated/α-hetero) is 1. The molecule has 0 aromatic heterocycles. The molecule has 1 atom stereocenters. The molecule has 0 spiro atoms. The fourth-order valence-corrected chi connectivity index (χ4v) is 5.61. The molecule has 2 amide bonds. The Balaban J connectivity index is 1.40. The van der Waals surface area contributed by atoms with Gasteiger partial charge in [0.05, 0.1) is 6.04 Å². The van der Waals surface area contributed by atoms with Crippen molar-refractivity contribution < 1.29 is 14.4 Å². The molecule has 33 heavy (non-hydrogen) atoms. The lowest BCUT2D eigenvalue weighted by atomic mass is 9.80. The van der Waals surface area contributed by atoms with Crippen molar-refractivity contribution in [2.45, 2.75) is 90.5 Å². The minimum Gasteiger partial charge on any atom is -0.342 e. The van der Waals surface area contributed by atoms with Crippen LogP contribution in [0.2, 0.25) is 0 Å². The number of piperidine rings is 1. The van der Waals surface area contributed by atoms with Gasteiger partial charge in [0.1, 0.15) is 0 Å². The summed E-state index contributed by atoms with van der Waals surface area (Å²) < 4.78 is 0. The van der Waals surface area contributed by atoms with Crippen molar-refractivity contribution in [3.8, 4) is 0 Å². The van der Waals surface area contributed by atoms with Crippen LogP contribution >= 0.6 is 0 Å². The molecular weight excluding hydrogens is 412 g/mol. The number of amides is 2. The third-order valence-corrected chi connectivity index (χ3v) is 8.20. The van der Waals surface area contributed by atoms with Gasteiger partial charge in [0.2, 0.25) is 5.91 Å². The molecule has 2 aliphatic carbocycles. The maximum Gasteiger partial charge on any atom is 0.251 e. The molecule has 1 aromatic rings. The SMILES string of the molecule is CC(C)C(=O)C(NC(=O)c1cccc(C2CCN(C(=O)C3(C)CC3)CC2)c1)C1CCCCC1. The molecular formula is C28H40N2O3. The molecule has 180 valence electrons. The third kappa shape index (κ3) is 5.50. The van der Waals surface area contributed by atoms with Gasteiger partial charge in [0, 0.05) is 30.0 Å². The maximum absolute atomic E-state index is 13.2. The van der Waals surface area contributed by atoms with Crippen LogP contribution < -0.4 is 5.32 Å². The van der Waals surface area contributed by atoms with Crippen molar-refractivity contribution in [1.29, 1.82) is 0 Å². The normalized spacial score (nSPS) is 22.1. The second-order valence-electron chi connectivity index (χ2n) is 11.2. The first kappa shape index (κ1) is 24.0. The molecule has 1 N–H and O–H groups in total. The van der Waals surface area contributed by atoms with Gasteiger partial charge in [-0.3, -0.25) is 14.4 Å². The predicted octanol–water partition coefficient (Wildman–Crippen LogP) is 5.10. The summed E-state index contributed by atoms with van der Waals surface area (Å²) in [5, 5.41) is 3.12. The molecule has 1 aromatic carbocycles. The minimum atomic E-state index is -0.389. The first-order chi connectivity index (χ1) is 15.8. The highest BCUT2D eigenvalue weighted by molar-refractivity contribution is 5.98. The number of hydrogen-bond donors (Lipinski definition) is 1. The molecule has 1 heterocycles. The van der Waals surface area contributed by atoms with Gasteiger partial charge in [-0.1, -0.05) is 52.2 Å². The summed E-state index contributed by atoms with van der Waals surface area (Å²) in [5.74, 6) is 0.840. The summed E-state index contributed by atoms with van der Waals surface area (Å²) in [4.78, 5) is 40.8. The average molecular weight is 453 g/mol. The highest BCUT2D eigenvalue weighted by atomic mass is 16.2. The van der Waals surface area contributed by atoms with E-state index in [0.717, 1.165) is 70.0 Å². The Hall–Kier alpha value is -2.17. The van der Waals surface area contributed by atoms with Gasteiger partial charge in [0.25, 0.3) is 5.91 Å². The van der Waals surface area contributed by atoms with E-state index in [1.807, 2.05) is 36.9 Å². The van der Waals surface area contributed by atoms with Crippen molar-refractivity contribution in [2.24, 2.45) is 17.3 Å². The monoisotopic (exact) mass is 452 g/mol. The molecule has 0 radical (unpaired) electrons. The molecule has 0 bridgehead atoms. The molecule has 5 nitrogen and oxygen atoms in total. The Bertz CT molecular complexity index is 875. The van der Waals surface area contributed by atoms with Crippen LogP contribution in [-0.4, -0.2) is 41.6 Å². The lowest BCUT2D eigenvalue weighted by molar-refractivity contribution is -0.137. The average Bonchev–Trinajstić information content (AvgIpc) is 3.60. The Morgan fingerprint density at radius 3 is 2.27 bits per heavy atom. The lowest BCUT2D eigenvalue weighted by Crippen LogP contribution is -2.48. The lowest BCUT2D eigenvalue weighted by Gasteiger charge is -2.34. The highest BCUT2D eigenvalue weighted by Crippen LogP contribution is 2.47. The summed E-state index contributed by atoms with van der Waals surface area (Å²) in [6.07, 6.45) is 9.43. The van der Waals surface area contributed by atoms with E-state index >= 15 is 0 Å². The van der Waals surface area contributed by atoms with E-state index in [0.29, 0.717) is 17.4 Å².